The molecule has 7 heteroatoms. The lowest BCUT2D eigenvalue weighted by Gasteiger charge is -2.27. The summed E-state index contributed by atoms with van der Waals surface area (Å²) < 4.78 is 43.6. The van der Waals surface area contributed by atoms with E-state index in [4.69, 9.17) is 4.74 Å². The Morgan fingerprint density at radius 2 is 1.70 bits per heavy atom. The third-order valence-corrected chi connectivity index (χ3v) is 3.23. The fourth-order valence-electron chi connectivity index (χ4n) is 2.03. The standard InChI is InChI=1S/C13H14F3NO2.HI/c1-17-4-2-8(3-5-17)13(18)19-9-6-10(14)12(16)11(15)7-9;/h6-8H,2-5H2,1H3;1H. The van der Waals surface area contributed by atoms with Crippen LogP contribution in [0, 0.1) is 23.4 Å². The van der Waals surface area contributed by atoms with Gasteiger partial charge in [-0.1, -0.05) is 0 Å². The van der Waals surface area contributed by atoms with Gasteiger partial charge in [-0.3, -0.25) is 4.79 Å². The molecule has 0 bridgehead atoms. The molecule has 1 saturated heterocycles. The number of carbonyl (C=O) groups excluding carboxylic acids is 1. The van der Waals surface area contributed by atoms with Crippen molar-refractivity contribution < 1.29 is 22.7 Å². The Hall–Kier alpha value is -0.830. The van der Waals surface area contributed by atoms with Crippen LogP contribution in [0.5, 0.6) is 5.75 Å². The fraction of sp³-hybridized carbons (Fsp3) is 0.462. The highest BCUT2D eigenvalue weighted by Crippen LogP contribution is 2.23. The van der Waals surface area contributed by atoms with Crippen molar-refractivity contribution >= 4 is 29.9 Å². The van der Waals surface area contributed by atoms with Gasteiger partial charge < -0.3 is 9.64 Å². The largest absolute Gasteiger partial charge is 0.426 e. The Morgan fingerprint density at radius 1 is 1.20 bits per heavy atom. The minimum atomic E-state index is -1.57. The van der Waals surface area contributed by atoms with Crippen molar-refractivity contribution in [2.24, 2.45) is 5.92 Å². The van der Waals surface area contributed by atoms with Crippen LogP contribution in [0.3, 0.4) is 0 Å². The quantitative estimate of drug-likeness (QED) is 0.331. The van der Waals surface area contributed by atoms with Crippen molar-refractivity contribution in [3.8, 4) is 5.75 Å². The van der Waals surface area contributed by atoms with E-state index in [-0.39, 0.29) is 35.6 Å². The predicted molar refractivity (Wildman–Crippen MR) is 77.6 cm³/mol. The van der Waals surface area contributed by atoms with Crippen molar-refractivity contribution in [1.29, 1.82) is 0 Å². The molecule has 1 aromatic carbocycles. The zero-order chi connectivity index (χ0) is 14.0. The van der Waals surface area contributed by atoms with E-state index in [0.717, 1.165) is 13.1 Å². The third kappa shape index (κ3) is 4.08. The van der Waals surface area contributed by atoms with Gasteiger partial charge in [-0.2, -0.15) is 0 Å². The maximum Gasteiger partial charge on any atom is 0.314 e. The van der Waals surface area contributed by atoms with Gasteiger partial charge >= 0.3 is 5.97 Å². The summed E-state index contributed by atoms with van der Waals surface area (Å²) in [5.41, 5.74) is 0. The van der Waals surface area contributed by atoms with E-state index in [2.05, 4.69) is 4.90 Å². The van der Waals surface area contributed by atoms with Crippen LogP contribution < -0.4 is 4.74 Å². The van der Waals surface area contributed by atoms with E-state index in [0.29, 0.717) is 25.0 Å². The number of likely N-dealkylation sites (tertiary alicyclic amines) is 1. The first-order valence-corrected chi connectivity index (χ1v) is 6.02. The number of carbonyl (C=O) groups is 1. The van der Waals surface area contributed by atoms with Gasteiger partial charge in [0.05, 0.1) is 5.92 Å². The van der Waals surface area contributed by atoms with E-state index < -0.39 is 23.4 Å². The zero-order valence-corrected chi connectivity index (χ0v) is 13.2. The minimum Gasteiger partial charge on any atom is -0.426 e. The number of piperidine rings is 1. The van der Waals surface area contributed by atoms with Gasteiger partial charge in [0.15, 0.2) is 17.5 Å². The monoisotopic (exact) mass is 401 g/mol. The number of hydrogen-bond acceptors (Lipinski definition) is 3. The lowest BCUT2D eigenvalue weighted by atomic mass is 9.97. The molecule has 1 fully saturated rings. The van der Waals surface area contributed by atoms with Gasteiger partial charge in [0.2, 0.25) is 0 Å². The van der Waals surface area contributed by atoms with Crippen molar-refractivity contribution in [1.82, 2.24) is 4.90 Å². The van der Waals surface area contributed by atoms with Gasteiger partial charge in [-0.05, 0) is 33.0 Å². The first kappa shape index (κ1) is 17.2. The fourth-order valence-corrected chi connectivity index (χ4v) is 2.03. The molecule has 0 spiro atoms. The van der Waals surface area contributed by atoms with Crippen molar-refractivity contribution in [3.05, 3.63) is 29.6 Å². The normalized spacial score (nSPS) is 16.6. The summed E-state index contributed by atoms with van der Waals surface area (Å²) in [5.74, 6) is -5.43. The molecule has 0 amide bonds. The Morgan fingerprint density at radius 3 is 2.20 bits per heavy atom. The summed E-state index contributed by atoms with van der Waals surface area (Å²) in [7, 11) is 1.95. The number of benzene rings is 1. The molecule has 1 aliphatic rings. The van der Waals surface area contributed by atoms with Crippen LogP contribution in [0.15, 0.2) is 12.1 Å². The molecule has 0 atom stereocenters. The number of nitrogens with zero attached hydrogens (tertiary/aromatic N) is 1. The summed E-state index contributed by atoms with van der Waals surface area (Å²) in [6.45, 7) is 1.54. The molecule has 0 aromatic heterocycles. The number of hydrogen-bond donors (Lipinski definition) is 0. The average molecular weight is 401 g/mol. The second-order valence-electron chi connectivity index (χ2n) is 4.70. The van der Waals surface area contributed by atoms with Crippen LogP contribution in [0.2, 0.25) is 0 Å². The van der Waals surface area contributed by atoms with Crippen molar-refractivity contribution in [2.45, 2.75) is 12.8 Å². The van der Waals surface area contributed by atoms with Crippen molar-refractivity contribution in [3.63, 3.8) is 0 Å². The molecule has 112 valence electrons. The number of halogens is 4. The molecular formula is C13H15F3INO2. The van der Waals surface area contributed by atoms with Crippen LogP contribution in [0.25, 0.3) is 0 Å². The first-order chi connectivity index (χ1) is 8.97. The van der Waals surface area contributed by atoms with Crippen LogP contribution in [-0.4, -0.2) is 31.0 Å². The van der Waals surface area contributed by atoms with Gasteiger partial charge in [-0.15, -0.1) is 24.0 Å². The second-order valence-corrected chi connectivity index (χ2v) is 4.70. The van der Waals surface area contributed by atoms with Gasteiger partial charge in [0.1, 0.15) is 5.75 Å². The molecular weight excluding hydrogens is 386 g/mol. The molecule has 1 heterocycles. The molecule has 3 nitrogen and oxygen atoms in total. The number of rotatable bonds is 2. The van der Waals surface area contributed by atoms with Crippen LogP contribution >= 0.6 is 24.0 Å². The highest BCUT2D eigenvalue weighted by molar-refractivity contribution is 14.0. The lowest BCUT2D eigenvalue weighted by molar-refractivity contribution is -0.140. The third-order valence-electron chi connectivity index (χ3n) is 3.23. The SMILES string of the molecule is CN1CCC(C(=O)Oc2cc(F)c(F)c(F)c2)CC1.I. The topological polar surface area (TPSA) is 29.5 Å². The molecule has 0 N–H and O–H groups in total. The highest BCUT2D eigenvalue weighted by Gasteiger charge is 2.25. The maximum atomic E-state index is 13.0. The summed E-state index contributed by atoms with van der Waals surface area (Å²) in [6, 6.07) is 1.34. The number of ether oxygens (including phenoxy) is 1. The molecule has 20 heavy (non-hydrogen) atoms. The van der Waals surface area contributed by atoms with Crippen molar-refractivity contribution in [2.75, 3.05) is 20.1 Å². The second kappa shape index (κ2) is 7.26. The van der Waals surface area contributed by atoms with E-state index in [1.54, 1.807) is 0 Å². The van der Waals surface area contributed by atoms with Gasteiger partial charge in [0, 0.05) is 12.1 Å². The Balaban J connectivity index is 0.00000200. The summed E-state index contributed by atoms with van der Waals surface area (Å²) >= 11 is 0. The zero-order valence-electron chi connectivity index (χ0n) is 10.9. The molecule has 0 radical (unpaired) electrons. The molecule has 0 unspecified atom stereocenters. The summed E-state index contributed by atoms with van der Waals surface area (Å²) in [4.78, 5) is 13.9. The lowest BCUT2D eigenvalue weighted by Crippen LogP contribution is -2.35. The number of esters is 1. The molecule has 1 aliphatic heterocycles. The van der Waals surface area contributed by atoms with Crippen LogP contribution in [0.4, 0.5) is 13.2 Å². The molecule has 1 aromatic rings. The van der Waals surface area contributed by atoms with Gasteiger partial charge in [-0.25, -0.2) is 13.2 Å². The summed E-state index contributed by atoms with van der Waals surface area (Å²) in [5, 5.41) is 0. The Bertz CT molecular complexity index is 467. The van der Waals surface area contributed by atoms with E-state index >= 15 is 0 Å². The van der Waals surface area contributed by atoms with Gasteiger partial charge in [0.25, 0.3) is 0 Å². The van der Waals surface area contributed by atoms with Crippen LogP contribution in [-0.2, 0) is 4.79 Å². The molecule has 2 rings (SSSR count). The predicted octanol–water partition coefficient (Wildman–Crippen LogP) is 2.97. The Labute approximate surface area is 132 Å². The Kier molecular flexibility index (Phi) is 6.25. The summed E-state index contributed by atoms with van der Waals surface area (Å²) in [6.07, 6.45) is 1.28. The van der Waals surface area contributed by atoms with Crippen LogP contribution in [0.1, 0.15) is 12.8 Å². The molecule has 0 aliphatic carbocycles. The average Bonchev–Trinajstić information content (AvgIpc) is 2.36. The maximum absolute atomic E-state index is 13.0. The van der Waals surface area contributed by atoms with E-state index in [1.165, 1.54) is 0 Å². The molecule has 0 saturated carbocycles. The van der Waals surface area contributed by atoms with E-state index in [9.17, 15) is 18.0 Å². The first-order valence-electron chi connectivity index (χ1n) is 6.02. The minimum absolute atomic E-state index is 0. The smallest absolute Gasteiger partial charge is 0.314 e. The highest BCUT2D eigenvalue weighted by atomic mass is 127. The van der Waals surface area contributed by atoms with E-state index in [1.807, 2.05) is 7.05 Å².